The Morgan fingerprint density at radius 1 is 1.67 bits per heavy atom. The zero-order chi connectivity index (χ0) is 6.69. The van der Waals surface area contributed by atoms with Crippen LogP contribution in [0.15, 0.2) is 11.6 Å². The lowest BCUT2D eigenvalue weighted by Gasteiger charge is -2.12. The molecular formula is C7H10O2. The van der Waals surface area contributed by atoms with E-state index in [0.717, 1.165) is 5.57 Å². The molecule has 0 aromatic carbocycles. The van der Waals surface area contributed by atoms with Crippen LogP contribution in [0.5, 0.6) is 0 Å². The average molecular weight is 126 g/mol. The summed E-state index contributed by atoms with van der Waals surface area (Å²) in [4.78, 5) is 10.9. The maximum absolute atomic E-state index is 10.9. The highest BCUT2D eigenvalue weighted by molar-refractivity contribution is 5.96. The van der Waals surface area contributed by atoms with Crippen molar-refractivity contribution < 1.29 is 9.53 Å². The second kappa shape index (κ2) is 2.78. The number of ether oxygens (including phenoxy) is 1. The van der Waals surface area contributed by atoms with Crippen molar-refractivity contribution >= 4 is 5.78 Å². The van der Waals surface area contributed by atoms with Gasteiger partial charge in [0.25, 0.3) is 0 Å². The number of carbonyl (C=O) groups is 1. The standard InChI is InChI=1S/C7H10O2/c1-2-6-5-9-4-3-7(6)8/h2H,3-5H2,1H3/b6-2-. The first-order chi connectivity index (χ1) is 4.34. The van der Waals surface area contributed by atoms with Crippen LogP contribution in [0.2, 0.25) is 0 Å². The van der Waals surface area contributed by atoms with Crippen LogP contribution >= 0.6 is 0 Å². The monoisotopic (exact) mass is 126 g/mol. The van der Waals surface area contributed by atoms with Gasteiger partial charge in [-0.25, -0.2) is 0 Å². The van der Waals surface area contributed by atoms with Gasteiger partial charge in [0.05, 0.1) is 13.2 Å². The fraction of sp³-hybridized carbons (Fsp3) is 0.571. The third kappa shape index (κ3) is 1.39. The first-order valence-corrected chi connectivity index (χ1v) is 3.10. The van der Waals surface area contributed by atoms with E-state index in [0.29, 0.717) is 19.6 Å². The molecule has 1 aliphatic heterocycles. The fourth-order valence-electron chi connectivity index (χ4n) is 0.832. The van der Waals surface area contributed by atoms with E-state index in [9.17, 15) is 4.79 Å². The van der Waals surface area contributed by atoms with Crippen molar-refractivity contribution in [2.75, 3.05) is 13.2 Å². The van der Waals surface area contributed by atoms with E-state index in [1.807, 2.05) is 13.0 Å². The van der Waals surface area contributed by atoms with E-state index < -0.39 is 0 Å². The van der Waals surface area contributed by atoms with Gasteiger partial charge >= 0.3 is 0 Å². The third-order valence-corrected chi connectivity index (χ3v) is 1.44. The molecule has 0 saturated carbocycles. The lowest BCUT2D eigenvalue weighted by atomic mass is 10.1. The highest BCUT2D eigenvalue weighted by Crippen LogP contribution is 2.06. The molecule has 0 aromatic heterocycles. The molecule has 0 atom stereocenters. The van der Waals surface area contributed by atoms with Crippen molar-refractivity contribution in [1.82, 2.24) is 0 Å². The summed E-state index contributed by atoms with van der Waals surface area (Å²) in [7, 11) is 0. The molecule has 0 unspecified atom stereocenters. The fourth-order valence-corrected chi connectivity index (χ4v) is 0.832. The van der Waals surface area contributed by atoms with Gasteiger partial charge in [-0.3, -0.25) is 4.79 Å². The Bertz CT molecular complexity index is 147. The second-order valence-electron chi connectivity index (χ2n) is 2.04. The van der Waals surface area contributed by atoms with Gasteiger partial charge in [-0.2, -0.15) is 0 Å². The Balaban J connectivity index is 2.60. The minimum atomic E-state index is 0.240. The number of allylic oxidation sites excluding steroid dienone is 1. The van der Waals surface area contributed by atoms with Gasteiger partial charge in [-0.15, -0.1) is 0 Å². The zero-order valence-corrected chi connectivity index (χ0v) is 5.52. The van der Waals surface area contributed by atoms with Crippen LogP contribution in [0.25, 0.3) is 0 Å². The van der Waals surface area contributed by atoms with Gasteiger partial charge in [0.2, 0.25) is 0 Å². The highest BCUT2D eigenvalue weighted by Gasteiger charge is 2.13. The Hall–Kier alpha value is -0.630. The van der Waals surface area contributed by atoms with E-state index in [1.54, 1.807) is 0 Å². The molecule has 1 rings (SSSR count). The normalized spacial score (nSPS) is 25.0. The van der Waals surface area contributed by atoms with Crippen molar-refractivity contribution in [2.24, 2.45) is 0 Å². The number of hydrogen-bond acceptors (Lipinski definition) is 2. The van der Waals surface area contributed by atoms with Gasteiger partial charge in [0.1, 0.15) is 0 Å². The van der Waals surface area contributed by atoms with E-state index in [-0.39, 0.29) is 5.78 Å². The summed E-state index contributed by atoms with van der Waals surface area (Å²) in [6.45, 7) is 2.97. The molecule has 2 nitrogen and oxygen atoms in total. The van der Waals surface area contributed by atoms with Crippen LogP contribution in [-0.2, 0) is 9.53 Å². The molecule has 2 heteroatoms. The lowest BCUT2D eigenvalue weighted by molar-refractivity contribution is -0.119. The molecule has 0 radical (unpaired) electrons. The van der Waals surface area contributed by atoms with E-state index in [4.69, 9.17) is 4.74 Å². The minimum absolute atomic E-state index is 0.240. The van der Waals surface area contributed by atoms with Gasteiger partial charge in [0, 0.05) is 12.0 Å². The Morgan fingerprint density at radius 3 is 2.89 bits per heavy atom. The Morgan fingerprint density at radius 2 is 2.44 bits per heavy atom. The van der Waals surface area contributed by atoms with Crippen LogP contribution in [-0.4, -0.2) is 19.0 Å². The largest absolute Gasteiger partial charge is 0.376 e. The first-order valence-electron chi connectivity index (χ1n) is 3.10. The molecule has 1 fully saturated rings. The highest BCUT2D eigenvalue weighted by atomic mass is 16.5. The topological polar surface area (TPSA) is 26.3 Å². The van der Waals surface area contributed by atoms with E-state index in [2.05, 4.69) is 0 Å². The number of carbonyl (C=O) groups excluding carboxylic acids is 1. The number of Topliss-reactive ketones (excluding diaryl/α,β-unsaturated/α-hetero) is 1. The van der Waals surface area contributed by atoms with Gasteiger partial charge in [-0.05, 0) is 6.92 Å². The SMILES string of the molecule is C/C=C1/COCCC1=O. The molecule has 9 heavy (non-hydrogen) atoms. The molecule has 1 saturated heterocycles. The van der Waals surface area contributed by atoms with Crippen LogP contribution in [0.1, 0.15) is 13.3 Å². The average Bonchev–Trinajstić information content (AvgIpc) is 1.89. The van der Waals surface area contributed by atoms with Gasteiger partial charge in [-0.1, -0.05) is 6.08 Å². The van der Waals surface area contributed by atoms with Crippen molar-refractivity contribution in [3.8, 4) is 0 Å². The van der Waals surface area contributed by atoms with Crippen LogP contribution in [0, 0.1) is 0 Å². The Labute approximate surface area is 54.5 Å². The summed E-state index contributed by atoms with van der Waals surface area (Å²) in [5, 5.41) is 0. The number of hydrogen-bond donors (Lipinski definition) is 0. The molecule has 1 heterocycles. The predicted octanol–water partition coefficient (Wildman–Crippen LogP) is 0.922. The van der Waals surface area contributed by atoms with Gasteiger partial charge < -0.3 is 4.74 Å². The third-order valence-electron chi connectivity index (χ3n) is 1.44. The van der Waals surface area contributed by atoms with Crippen LogP contribution in [0.3, 0.4) is 0 Å². The summed E-state index contributed by atoms with van der Waals surface area (Å²) in [6.07, 6.45) is 2.38. The molecule has 50 valence electrons. The summed E-state index contributed by atoms with van der Waals surface area (Å²) < 4.78 is 5.05. The molecule has 0 aromatic rings. The van der Waals surface area contributed by atoms with Gasteiger partial charge in [0.15, 0.2) is 5.78 Å². The summed E-state index contributed by atoms with van der Waals surface area (Å²) in [5.74, 6) is 0.240. The van der Waals surface area contributed by atoms with E-state index in [1.165, 1.54) is 0 Å². The lowest BCUT2D eigenvalue weighted by Crippen LogP contribution is -2.18. The van der Waals surface area contributed by atoms with Crippen molar-refractivity contribution in [1.29, 1.82) is 0 Å². The Kier molecular flexibility index (Phi) is 2.01. The molecule has 0 amide bonds. The molecule has 1 aliphatic rings. The molecule has 0 N–H and O–H groups in total. The molecular weight excluding hydrogens is 116 g/mol. The maximum Gasteiger partial charge on any atom is 0.163 e. The summed E-state index contributed by atoms with van der Waals surface area (Å²) in [6, 6.07) is 0. The first kappa shape index (κ1) is 6.49. The zero-order valence-electron chi connectivity index (χ0n) is 5.52. The van der Waals surface area contributed by atoms with Crippen molar-refractivity contribution in [3.63, 3.8) is 0 Å². The maximum atomic E-state index is 10.9. The summed E-state index contributed by atoms with van der Waals surface area (Å²) >= 11 is 0. The number of rotatable bonds is 0. The van der Waals surface area contributed by atoms with E-state index >= 15 is 0 Å². The van der Waals surface area contributed by atoms with Crippen LogP contribution in [0.4, 0.5) is 0 Å². The molecule has 0 bridgehead atoms. The van der Waals surface area contributed by atoms with Crippen LogP contribution < -0.4 is 0 Å². The number of ketones is 1. The second-order valence-corrected chi connectivity index (χ2v) is 2.04. The summed E-state index contributed by atoms with van der Waals surface area (Å²) in [5.41, 5.74) is 0.821. The smallest absolute Gasteiger partial charge is 0.163 e. The predicted molar refractivity (Wildman–Crippen MR) is 34.2 cm³/mol. The quantitative estimate of drug-likeness (QED) is 0.451. The molecule has 0 aliphatic carbocycles. The molecule has 0 spiro atoms. The van der Waals surface area contributed by atoms with Crippen molar-refractivity contribution in [3.05, 3.63) is 11.6 Å². The minimum Gasteiger partial charge on any atom is -0.376 e. The van der Waals surface area contributed by atoms with Crippen molar-refractivity contribution in [2.45, 2.75) is 13.3 Å².